The molecule has 0 spiro atoms. The zero-order valence-corrected chi connectivity index (χ0v) is 23.2. The molecule has 0 saturated carbocycles. The predicted molar refractivity (Wildman–Crippen MR) is 152 cm³/mol. The maximum Gasteiger partial charge on any atom is 0.243 e. The molecule has 202 valence electrons. The summed E-state index contributed by atoms with van der Waals surface area (Å²) in [4.78, 5) is 28.6. The fourth-order valence-corrected chi connectivity index (χ4v) is 5.30. The zero-order valence-electron chi connectivity index (χ0n) is 22.3. The summed E-state index contributed by atoms with van der Waals surface area (Å²) in [5.74, 6) is -0.405. The van der Waals surface area contributed by atoms with Crippen LogP contribution in [-0.4, -0.2) is 50.5 Å². The minimum absolute atomic E-state index is 0.107. The third kappa shape index (κ3) is 8.45. The van der Waals surface area contributed by atoms with Crippen LogP contribution < -0.4 is 9.62 Å². The fourth-order valence-electron chi connectivity index (χ4n) is 4.33. The van der Waals surface area contributed by atoms with Crippen LogP contribution in [0.3, 0.4) is 0 Å². The first-order chi connectivity index (χ1) is 18.2. The van der Waals surface area contributed by atoms with Crippen molar-refractivity contribution in [3.05, 3.63) is 102 Å². The molecule has 38 heavy (non-hydrogen) atoms. The third-order valence-corrected chi connectivity index (χ3v) is 7.49. The molecule has 0 radical (unpaired) electrons. The number of likely N-dealkylation sites (N-methyl/N-ethyl adjacent to an activating group) is 1. The quantitative estimate of drug-likeness (QED) is 0.353. The van der Waals surface area contributed by atoms with Gasteiger partial charge < -0.3 is 10.2 Å². The molecule has 0 saturated heterocycles. The molecule has 0 aliphatic heterocycles. The topological polar surface area (TPSA) is 86.8 Å². The van der Waals surface area contributed by atoms with Crippen LogP contribution in [0.5, 0.6) is 0 Å². The highest BCUT2D eigenvalue weighted by atomic mass is 32.2. The van der Waals surface area contributed by atoms with Gasteiger partial charge in [-0.2, -0.15) is 0 Å². The maximum atomic E-state index is 13.7. The lowest BCUT2D eigenvalue weighted by Gasteiger charge is -2.32. The molecule has 0 aliphatic carbocycles. The molecule has 3 aromatic carbocycles. The molecular weight excluding hydrogens is 498 g/mol. The molecule has 2 amide bonds. The number of para-hydroxylation sites is 1. The molecule has 8 heteroatoms. The van der Waals surface area contributed by atoms with E-state index in [-0.39, 0.29) is 31.3 Å². The van der Waals surface area contributed by atoms with Crippen molar-refractivity contribution in [2.24, 2.45) is 0 Å². The van der Waals surface area contributed by atoms with Crippen molar-refractivity contribution in [1.29, 1.82) is 0 Å². The van der Waals surface area contributed by atoms with Crippen molar-refractivity contribution in [3.63, 3.8) is 0 Å². The Kier molecular flexibility index (Phi) is 10.5. The summed E-state index contributed by atoms with van der Waals surface area (Å²) in [5, 5.41) is 2.89. The lowest BCUT2D eigenvalue weighted by atomic mass is 10.0. The van der Waals surface area contributed by atoms with Gasteiger partial charge in [-0.1, -0.05) is 78.4 Å². The first-order valence-corrected chi connectivity index (χ1v) is 14.7. The summed E-state index contributed by atoms with van der Waals surface area (Å²) in [7, 11) is -3.52. The van der Waals surface area contributed by atoms with Crippen LogP contribution >= 0.6 is 0 Å². The summed E-state index contributed by atoms with van der Waals surface area (Å²) in [6, 6.07) is 25.7. The van der Waals surface area contributed by atoms with Gasteiger partial charge in [-0.3, -0.25) is 13.9 Å². The normalized spacial score (nSPS) is 12.0. The van der Waals surface area contributed by atoms with Crippen LogP contribution in [0.4, 0.5) is 5.69 Å². The number of hydrogen-bond donors (Lipinski definition) is 1. The number of sulfonamides is 1. The van der Waals surface area contributed by atoms with Crippen LogP contribution in [0.15, 0.2) is 84.9 Å². The molecule has 3 aromatic rings. The van der Waals surface area contributed by atoms with E-state index in [4.69, 9.17) is 0 Å². The SMILES string of the molecule is CCNC(=O)C(Cc1ccccc1)N(Cc1ccc(C)cc1)C(=O)CCCN(c1ccccc1)S(C)(=O)=O. The number of aryl methyl sites for hydroxylation is 1. The number of benzene rings is 3. The Morgan fingerprint density at radius 3 is 2.05 bits per heavy atom. The Hall–Kier alpha value is -3.65. The van der Waals surface area contributed by atoms with Crippen molar-refractivity contribution in [3.8, 4) is 0 Å². The van der Waals surface area contributed by atoms with Crippen molar-refractivity contribution >= 4 is 27.5 Å². The Bertz CT molecular complexity index is 1280. The maximum absolute atomic E-state index is 13.7. The number of hydrogen-bond acceptors (Lipinski definition) is 4. The molecular formula is C30H37N3O4S. The minimum atomic E-state index is -3.52. The van der Waals surface area contributed by atoms with Crippen LogP contribution in [0.2, 0.25) is 0 Å². The van der Waals surface area contributed by atoms with Crippen molar-refractivity contribution in [1.82, 2.24) is 10.2 Å². The van der Waals surface area contributed by atoms with Crippen molar-refractivity contribution < 1.29 is 18.0 Å². The van der Waals surface area contributed by atoms with Gasteiger partial charge in [0.25, 0.3) is 0 Å². The van der Waals surface area contributed by atoms with E-state index in [1.807, 2.05) is 74.5 Å². The summed E-state index contributed by atoms with van der Waals surface area (Å²) in [5.41, 5.74) is 3.55. The monoisotopic (exact) mass is 535 g/mol. The number of rotatable bonds is 13. The smallest absolute Gasteiger partial charge is 0.243 e. The highest BCUT2D eigenvalue weighted by Gasteiger charge is 2.30. The number of carbonyl (C=O) groups is 2. The average molecular weight is 536 g/mol. The second-order valence-corrected chi connectivity index (χ2v) is 11.3. The third-order valence-electron chi connectivity index (χ3n) is 6.29. The number of nitrogens with zero attached hydrogens (tertiary/aromatic N) is 2. The van der Waals surface area contributed by atoms with E-state index in [1.165, 1.54) is 4.31 Å². The lowest BCUT2D eigenvalue weighted by molar-refractivity contribution is -0.141. The second kappa shape index (κ2) is 13.8. The summed E-state index contributed by atoms with van der Waals surface area (Å²) >= 11 is 0. The van der Waals surface area contributed by atoms with Crippen LogP contribution in [0, 0.1) is 6.92 Å². The van der Waals surface area contributed by atoms with Crippen molar-refractivity contribution in [2.75, 3.05) is 23.7 Å². The minimum Gasteiger partial charge on any atom is -0.355 e. The van der Waals surface area contributed by atoms with Gasteiger partial charge in [-0.25, -0.2) is 8.42 Å². The van der Waals surface area contributed by atoms with E-state index in [9.17, 15) is 18.0 Å². The van der Waals surface area contributed by atoms with E-state index in [0.29, 0.717) is 25.1 Å². The zero-order chi connectivity index (χ0) is 27.5. The predicted octanol–water partition coefficient (Wildman–Crippen LogP) is 4.32. The van der Waals surface area contributed by atoms with Gasteiger partial charge in [0, 0.05) is 32.5 Å². The molecule has 1 atom stereocenters. The number of anilines is 1. The first-order valence-electron chi connectivity index (χ1n) is 12.9. The summed E-state index contributed by atoms with van der Waals surface area (Å²) in [6.45, 7) is 4.75. The number of carbonyl (C=O) groups excluding carboxylic acids is 2. The Morgan fingerprint density at radius 2 is 1.47 bits per heavy atom. The Balaban J connectivity index is 1.84. The molecule has 0 bridgehead atoms. The standard InChI is InChI=1S/C30H37N3O4S/c1-4-31-30(35)28(22-25-12-7-5-8-13-25)32(23-26-19-17-24(2)18-20-26)29(34)16-11-21-33(38(3,36)37)27-14-9-6-10-15-27/h5-10,12-15,17-20,28H,4,11,16,21-23H2,1-3H3,(H,31,35). The number of nitrogens with one attached hydrogen (secondary N) is 1. The fraction of sp³-hybridized carbons (Fsp3) is 0.333. The second-order valence-electron chi connectivity index (χ2n) is 9.38. The highest BCUT2D eigenvalue weighted by molar-refractivity contribution is 7.92. The van der Waals surface area contributed by atoms with E-state index in [2.05, 4.69) is 5.32 Å². The van der Waals surface area contributed by atoms with E-state index in [1.54, 1.807) is 29.2 Å². The molecule has 3 rings (SSSR count). The summed E-state index contributed by atoms with van der Waals surface area (Å²) in [6.07, 6.45) is 1.97. The average Bonchev–Trinajstić information content (AvgIpc) is 2.90. The molecule has 0 heterocycles. The highest BCUT2D eigenvalue weighted by Crippen LogP contribution is 2.20. The van der Waals surface area contributed by atoms with Gasteiger partial charge in [0.1, 0.15) is 6.04 Å². The van der Waals surface area contributed by atoms with Crippen LogP contribution in [0.1, 0.15) is 36.5 Å². The van der Waals surface area contributed by atoms with Crippen LogP contribution in [-0.2, 0) is 32.6 Å². The van der Waals surface area contributed by atoms with Gasteiger partial charge in [0.05, 0.1) is 11.9 Å². The van der Waals surface area contributed by atoms with E-state index < -0.39 is 16.1 Å². The molecule has 1 N–H and O–H groups in total. The van der Waals surface area contributed by atoms with E-state index >= 15 is 0 Å². The Labute approximate surface area is 226 Å². The van der Waals surface area contributed by atoms with Gasteiger partial charge >= 0.3 is 0 Å². The largest absolute Gasteiger partial charge is 0.355 e. The molecule has 0 fully saturated rings. The summed E-state index contributed by atoms with van der Waals surface area (Å²) < 4.78 is 26.2. The number of amides is 2. The van der Waals surface area contributed by atoms with Gasteiger partial charge in [0.15, 0.2) is 0 Å². The molecule has 1 unspecified atom stereocenters. The van der Waals surface area contributed by atoms with Crippen LogP contribution in [0.25, 0.3) is 0 Å². The van der Waals surface area contributed by atoms with Gasteiger partial charge in [0.2, 0.25) is 21.8 Å². The van der Waals surface area contributed by atoms with Gasteiger partial charge in [-0.15, -0.1) is 0 Å². The lowest BCUT2D eigenvalue weighted by Crippen LogP contribution is -2.50. The molecule has 0 aromatic heterocycles. The molecule has 0 aliphatic rings. The Morgan fingerprint density at radius 1 is 0.868 bits per heavy atom. The van der Waals surface area contributed by atoms with Gasteiger partial charge in [-0.05, 0) is 43.5 Å². The van der Waals surface area contributed by atoms with E-state index in [0.717, 1.165) is 22.9 Å². The molecule has 7 nitrogen and oxygen atoms in total. The first kappa shape index (κ1) is 28.9. The van der Waals surface area contributed by atoms with Crippen molar-refractivity contribution in [2.45, 2.75) is 45.7 Å².